The zero-order valence-corrected chi connectivity index (χ0v) is 15.8. The number of hydrogen-bond donors (Lipinski definition) is 0. The lowest BCUT2D eigenvalue weighted by Crippen LogP contribution is -2.49. The first kappa shape index (κ1) is 18.0. The predicted octanol–water partition coefficient (Wildman–Crippen LogP) is 3.74. The number of amides is 1. The molecule has 2 heterocycles. The highest BCUT2D eigenvalue weighted by Gasteiger charge is 2.22. The van der Waals surface area contributed by atoms with Crippen molar-refractivity contribution in [2.45, 2.75) is 20.5 Å². The van der Waals surface area contributed by atoms with Crippen LogP contribution in [0.1, 0.15) is 29.1 Å². The van der Waals surface area contributed by atoms with Crippen LogP contribution in [0.4, 0.5) is 0 Å². The summed E-state index contributed by atoms with van der Waals surface area (Å²) in [5.41, 5.74) is 0.709. The van der Waals surface area contributed by atoms with E-state index in [1.807, 2.05) is 40.6 Å². The maximum atomic E-state index is 12.8. The molecule has 1 amide bonds. The lowest BCUT2D eigenvalue weighted by atomic mass is 10.1. The molecule has 2 aromatic rings. The summed E-state index contributed by atoms with van der Waals surface area (Å²) in [6, 6.07) is 11.6. The van der Waals surface area contributed by atoms with Gasteiger partial charge in [-0.1, -0.05) is 26.0 Å². The van der Waals surface area contributed by atoms with Gasteiger partial charge in [0.25, 0.3) is 5.91 Å². The standard InChI is InChI=1S/C20H26N2O2S/c1-16(2)14-21-8-10-22(11-9-21)20(23)17-5-3-6-18(13-17)24-15-19-7-4-12-25-19/h3-7,12-13,16H,8-11,14-15H2,1-2H3. The van der Waals surface area contributed by atoms with Gasteiger partial charge in [0.05, 0.1) is 0 Å². The zero-order chi connectivity index (χ0) is 17.6. The molecule has 5 heteroatoms. The first-order valence-electron chi connectivity index (χ1n) is 8.88. The summed E-state index contributed by atoms with van der Waals surface area (Å²) < 4.78 is 5.82. The fourth-order valence-electron chi connectivity index (χ4n) is 3.10. The van der Waals surface area contributed by atoms with Gasteiger partial charge < -0.3 is 9.64 Å². The first-order chi connectivity index (χ1) is 12.1. The van der Waals surface area contributed by atoms with Gasteiger partial charge in [-0.05, 0) is 35.6 Å². The molecule has 1 aromatic heterocycles. The van der Waals surface area contributed by atoms with Crippen LogP contribution >= 0.6 is 11.3 Å². The number of benzene rings is 1. The molecular formula is C20H26N2O2S. The Morgan fingerprint density at radius 1 is 1.16 bits per heavy atom. The van der Waals surface area contributed by atoms with Crippen LogP contribution < -0.4 is 4.74 Å². The van der Waals surface area contributed by atoms with Gasteiger partial charge in [0, 0.05) is 43.2 Å². The Bertz CT molecular complexity index is 677. The Hall–Kier alpha value is -1.85. The van der Waals surface area contributed by atoms with E-state index in [4.69, 9.17) is 4.74 Å². The van der Waals surface area contributed by atoms with Crippen molar-refractivity contribution in [2.24, 2.45) is 5.92 Å². The van der Waals surface area contributed by atoms with E-state index in [0.717, 1.165) is 38.5 Å². The smallest absolute Gasteiger partial charge is 0.254 e. The van der Waals surface area contributed by atoms with E-state index >= 15 is 0 Å². The molecule has 134 valence electrons. The maximum absolute atomic E-state index is 12.8. The number of ether oxygens (including phenoxy) is 1. The molecule has 0 saturated carbocycles. The van der Waals surface area contributed by atoms with Crippen molar-refractivity contribution >= 4 is 17.2 Å². The van der Waals surface area contributed by atoms with Crippen molar-refractivity contribution in [2.75, 3.05) is 32.7 Å². The van der Waals surface area contributed by atoms with Crippen LogP contribution in [0.2, 0.25) is 0 Å². The van der Waals surface area contributed by atoms with E-state index in [2.05, 4.69) is 24.8 Å². The summed E-state index contributed by atoms with van der Waals surface area (Å²) in [5.74, 6) is 1.52. The highest BCUT2D eigenvalue weighted by molar-refractivity contribution is 7.09. The van der Waals surface area contributed by atoms with Gasteiger partial charge in [-0.15, -0.1) is 11.3 Å². The van der Waals surface area contributed by atoms with Crippen LogP contribution in [-0.2, 0) is 6.61 Å². The molecule has 0 unspecified atom stereocenters. The summed E-state index contributed by atoms with van der Waals surface area (Å²) in [4.78, 5) is 18.3. The molecule has 1 fully saturated rings. The number of hydrogen-bond acceptors (Lipinski definition) is 4. The van der Waals surface area contributed by atoms with E-state index in [9.17, 15) is 4.79 Å². The lowest BCUT2D eigenvalue weighted by molar-refractivity contribution is 0.0623. The van der Waals surface area contributed by atoms with E-state index < -0.39 is 0 Å². The molecule has 1 aliphatic heterocycles. The van der Waals surface area contributed by atoms with Crippen LogP contribution in [0.15, 0.2) is 41.8 Å². The number of carbonyl (C=O) groups excluding carboxylic acids is 1. The Kier molecular flexibility index (Phi) is 6.10. The Labute approximate surface area is 154 Å². The van der Waals surface area contributed by atoms with Gasteiger partial charge in [-0.2, -0.15) is 0 Å². The van der Waals surface area contributed by atoms with Crippen molar-refractivity contribution < 1.29 is 9.53 Å². The van der Waals surface area contributed by atoms with Gasteiger partial charge in [0.15, 0.2) is 0 Å². The van der Waals surface area contributed by atoms with Crippen LogP contribution in [0.3, 0.4) is 0 Å². The van der Waals surface area contributed by atoms with Gasteiger partial charge in [-0.25, -0.2) is 0 Å². The molecule has 4 nitrogen and oxygen atoms in total. The summed E-state index contributed by atoms with van der Waals surface area (Å²) in [6.45, 7) is 9.63. The van der Waals surface area contributed by atoms with E-state index in [1.165, 1.54) is 4.88 Å². The highest BCUT2D eigenvalue weighted by Crippen LogP contribution is 2.19. The molecule has 1 saturated heterocycles. The summed E-state index contributed by atoms with van der Waals surface area (Å²) in [5, 5.41) is 2.04. The van der Waals surface area contributed by atoms with Crippen molar-refractivity contribution in [1.82, 2.24) is 9.80 Å². The fourth-order valence-corrected chi connectivity index (χ4v) is 3.72. The second-order valence-corrected chi connectivity index (χ2v) is 7.91. The molecule has 0 radical (unpaired) electrons. The number of piperazine rings is 1. The van der Waals surface area contributed by atoms with Crippen LogP contribution in [-0.4, -0.2) is 48.4 Å². The second kappa shape index (κ2) is 8.50. The molecule has 0 aliphatic carbocycles. The van der Waals surface area contributed by atoms with Gasteiger partial charge in [-0.3, -0.25) is 9.69 Å². The second-order valence-electron chi connectivity index (χ2n) is 6.88. The molecule has 0 N–H and O–H groups in total. The minimum atomic E-state index is 0.103. The van der Waals surface area contributed by atoms with Crippen molar-refractivity contribution in [3.63, 3.8) is 0 Å². The van der Waals surface area contributed by atoms with Crippen molar-refractivity contribution in [3.05, 3.63) is 52.2 Å². The minimum absolute atomic E-state index is 0.103. The van der Waals surface area contributed by atoms with E-state index in [-0.39, 0.29) is 5.91 Å². The molecule has 0 spiro atoms. The normalized spacial score (nSPS) is 15.6. The number of carbonyl (C=O) groups is 1. The molecule has 0 bridgehead atoms. The van der Waals surface area contributed by atoms with E-state index in [1.54, 1.807) is 11.3 Å². The van der Waals surface area contributed by atoms with Crippen molar-refractivity contribution in [1.29, 1.82) is 0 Å². The summed E-state index contributed by atoms with van der Waals surface area (Å²) in [6.07, 6.45) is 0. The Morgan fingerprint density at radius 2 is 1.96 bits per heavy atom. The summed E-state index contributed by atoms with van der Waals surface area (Å²) in [7, 11) is 0. The van der Waals surface area contributed by atoms with Gasteiger partial charge >= 0.3 is 0 Å². The number of thiophene rings is 1. The Balaban J connectivity index is 1.56. The van der Waals surface area contributed by atoms with Crippen LogP contribution in [0, 0.1) is 5.92 Å². The topological polar surface area (TPSA) is 32.8 Å². The monoisotopic (exact) mass is 358 g/mol. The molecule has 1 aliphatic rings. The minimum Gasteiger partial charge on any atom is -0.488 e. The van der Waals surface area contributed by atoms with Crippen LogP contribution in [0.25, 0.3) is 0 Å². The van der Waals surface area contributed by atoms with Crippen molar-refractivity contribution in [3.8, 4) is 5.75 Å². The number of nitrogens with zero attached hydrogens (tertiary/aromatic N) is 2. The van der Waals surface area contributed by atoms with E-state index in [0.29, 0.717) is 18.1 Å². The quantitative estimate of drug-likeness (QED) is 0.789. The SMILES string of the molecule is CC(C)CN1CCN(C(=O)c2cccc(OCc3cccs3)c2)CC1. The zero-order valence-electron chi connectivity index (χ0n) is 15.0. The fraction of sp³-hybridized carbons (Fsp3) is 0.450. The molecule has 1 aromatic carbocycles. The van der Waals surface area contributed by atoms with Gasteiger partial charge in [0.1, 0.15) is 12.4 Å². The molecule has 25 heavy (non-hydrogen) atoms. The summed E-state index contributed by atoms with van der Waals surface area (Å²) >= 11 is 1.67. The third-order valence-corrected chi connectivity index (χ3v) is 5.17. The highest BCUT2D eigenvalue weighted by atomic mass is 32.1. The first-order valence-corrected chi connectivity index (χ1v) is 9.76. The molecular weight excluding hydrogens is 332 g/mol. The number of rotatable bonds is 6. The van der Waals surface area contributed by atoms with Gasteiger partial charge in [0.2, 0.25) is 0 Å². The van der Waals surface area contributed by atoms with Crippen LogP contribution in [0.5, 0.6) is 5.75 Å². The average molecular weight is 359 g/mol. The maximum Gasteiger partial charge on any atom is 0.254 e. The third-order valence-electron chi connectivity index (χ3n) is 4.33. The third kappa shape index (κ3) is 5.06. The molecule has 0 atom stereocenters. The predicted molar refractivity (Wildman–Crippen MR) is 102 cm³/mol. The Morgan fingerprint density at radius 3 is 2.64 bits per heavy atom. The molecule has 3 rings (SSSR count). The largest absolute Gasteiger partial charge is 0.488 e. The average Bonchev–Trinajstić information content (AvgIpc) is 3.13. The lowest BCUT2D eigenvalue weighted by Gasteiger charge is -2.35.